The van der Waals surface area contributed by atoms with Crippen LogP contribution >= 0.6 is 0 Å². The third kappa shape index (κ3) is 1.30. The van der Waals surface area contributed by atoms with Crippen molar-refractivity contribution in [3.8, 4) is 0 Å². The molecule has 0 saturated heterocycles. The van der Waals surface area contributed by atoms with E-state index in [1.807, 2.05) is 0 Å². The number of hydrogen-bond acceptors (Lipinski definition) is 4. The van der Waals surface area contributed by atoms with Gasteiger partial charge in [0.05, 0.1) is 4.92 Å². The molecule has 0 amide bonds. The minimum atomic E-state index is -0.359. The van der Waals surface area contributed by atoms with Gasteiger partial charge < -0.3 is 5.32 Å². The second kappa shape index (κ2) is 3.43. The first-order valence-electron chi connectivity index (χ1n) is 6.60. The number of anilines is 1. The van der Waals surface area contributed by atoms with E-state index in [0.29, 0.717) is 11.7 Å². The van der Waals surface area contributed by atoms with Gasteiger partial charge in [0.15, 0.2) is 0 Å². The van der Waals surface area contributed by atoms with Crippen LogP contribution in [0.15, 0.2) is 18.5 Å². The van der Waals surface area contributed by atoms with Crippen molar-refractivity contribution in [3.63, 3.8) is 0 Å². The summed E-state index contributed by atoms with van der Waals surface area (Å²) in [4.78, 5) is 14.4. The second-order valence-electron chi connectivity index (χ2n) is 5.81. The van der Waals surface area contributed by atoms with E-state index < -0.39 is 0 Å². The first kappa shape index (κ1) is 10.3. The highest BCUT2D eigenvalue weighted by Crippen LogP contribution is 2.66. The Bertz CT molecular complexity index is 503. The molecule has 5 nitrogen and oxygen atoms in total. The van der Waals surface area contributed by atoms with E-state index in [1.165, 1.54) is 25.5 Å². The number of fused-ring (bicyclic) bond motifs is 5. The zero-order valence-electron chi connectivity index (χ0n) is 9.95. The third-order valence-electron chi connectivity index (χ3n) is 5.05. The zero-order valence-corrected chi connectivity index (χ0v) is 9.95. The highest BCUT2D eigenvalue weighted by Gasteiger charge is 2.65. The number of hydrogen-bond donors (Lipinski definition) is 1. The summed E-state index contributed by atoms with van der Waals surface area (Å²) in [6.45, 7) is 0. The summed E-state index contributed by atoms with van der Waals surface area (Å²) < 4.78 is 0. The Morgan fingerprint density at radius 3 is 2.72 bits per heavy atom. The van der Waals surface area contributed by atoms with Crippen molar-refractivity contribution >= 4 is 11.4 Å². The number of pyridine rings is 1. The number of nitro groups is 1. The van der Waals surface area contributed by atoms with E-state index in [9.17, 15) is 10.1 Å². The topological polar surface area (TPSA) is 68.1 Å². The molecular formula is C13H15N3O2. The van der Waals surface area contributed by atoms with E-state index in [0.717, 1.165) is 23.7 Å². The first-order chi connectivity index (χ1) is 8.75. The van der Waals surface area contributed by atoms with E-state index >= 15 is 0 Å². The van der Waals surface area contributed by atoms with Gasteiger partial charge in [-0.3, -0.25) is 15.1 Å². The monoisotopic (exact) mass is 245 g/mol. The Hall–Kier alpha value is -1.65. The maximum atomic E-state index is 10.9. The Morgan fingerprint density at radius 2 is 2.06 bits per heavy atom. The van der Waals surface area contributed by atoms with Gasteiger partial charge in [0.25, 0.3) is 0 Å². The molecule has 4 unspecified atom stereocenters. The van der Waals surface area contributed by atoms with Gasteiger partial charge in [0.2, 0.25) is 0 Å². The van der Waals surface area contributed by atoms with Gasteiger partial charge in [0, 0.05) is 12.2 Å². The number of aromatic nitrogens is 1. The van der Waals surface area contributed by atoms with Crippen LogP contribution in [0.5, 0.6) is 0 Å². The summed E-state index contributed by atoms with van der Waals surface area (Å²) in [5, 5.41) is 14.3. The smallest absolute Gasteiger partial charge is 0.310 e. The van der Waals surface area contributed by atoms with Crippen molar-refractivity contribution in [2.24, 2.45) is 23.7 Å². The number of nitrogens with zero attached hydrogens (tertiary/aromatic N) is 2. The van der Waals surface area contributed by atoms with Crippen molar-refractivity contribution in [1.29, 1.82) is 0 Å². The zero-order chi connectivity index (χ0) is 12.3. The summed E-state index contributed by atoms with van der Waals surface area (Å²) in [5.41, 5.74) is 0.726. The molecule has 3 aliphatic rings. The Balaban J connectivity index is 1.55. The van der Waals surface area contributed by atoms with Crippen molar-refractivity contribution in [3.05, 3.63) is 28.6 Å². The normalized spacial score (nSPS) is 39.4. The Morgan fingerprint density at radius 1 is 1.33 bits per heavy atom. The second-order valence-corrected chi connectivity index (χ2v) is 5.81. The van der Waals surface area contributed by atoms with Crippen LogP contribution in [-0.2, 0) is 0 Å². The van der Waals surface area contributed by atoms with Crippen LogP contribution in [0.3, 0.4) is 0 Å². The standard InChI is InChI=1S/C13H15N3O2/c17-16(18)10-6-14-4-3-9(10)15-13-11-7-1-2-8(5-7)12(11)13/h3-4,6-8,11-13H,1-2,5H2,(H,14,15). The van der Waals surface area contributed by atoms with Gasteiger partial charge in [-0.25, -0.2) is 0 Å². The van der Waals surface area contributed by atoms with Crippen LogP contribution in [0.2, 0.25) is 0 Å². The lowest BCUT2D eigenvalue weighted by molar-refractivity contribution is -0.384. The van der Waals surface area contributed by atoms with Gasteiger partial charge in [-0.15, -0.1) is 0 Å². The molecule has 0 aromatic carbocycles. The van der Waals surface area contributed by atoms with Gasteiger partial charge in [-0.05, 0) is 49.0 Å². The molecule has 4 atom stereocenters. The molecule has 1 N–H and O–H groups in total. The van der Waals surface area contributed by atoms with E-state index in [1.54, 1.807) is 12.3 Å². The molecule has 3 fully saturated rings. The van der Waals surface area contributed by atoms with Crippen molar-refractivity contribution in [2.75, 3.05) is 5.32 Å². The van der Waals surface area contributed by atoms with Crippen molar-refractivity contribution in [2.45, 2.75) is 25.3 Å². The van der Waals surface area contributed by atoms with Crippen molar-refractivity contribution in [1.82, 2.24) is 4.98 Å². The summed E-state index contributed by atoms with van der Waals surface area (Å²) in [5.74, 6) is 3.30. The highest BCUT2D eigenvalue weighted by atomic mass is 16.6. The van der Waals surface area contributed by atoms with Gasteiger partial charge in [-0.2, -0.15) is 0 Å². The Labute approximate surface area is 105 Å². The van der Waals surface area contributed by atoms with Crippen LogP contribution in [0.25, 0.3) is 0 Å². The quantitative estimate of drug-likeness (QED) is 0.656. The van der Waals surface area contributed by atoms with E-state index in [-0.39, 0.29) is 10.6 Å². The molecule has 5 heteroatoms. The van der Waals surface area contributed by atoms with E-state index in [4.69, 9.17) is 0 Å². The molecule has 4 rings (SSSR count). The largest absolute Gasteiger partial charge is 0.376 e. The predicted octanol–water partition coefficient (Wildman–Crippen LogP) is 2.45. The SMILES string of the molecule is O=[N+]([O-])c1cnccc1NC1C2C3CCC(C3)C12. The predicted molar refractivity (Wildman–Crippen MR) is 66.1 cm³/mol. The molecule has 0 spiro atoms. The molecule has 3 aliphatic carbocycles. The lowest BCUT2D eigenvalue weighted by Crippen LogP contribution is -2.13. The number of nitrogens with one attached hydrogen (secondary N) is 1. The van der Waals surface area contributed by atoms with Crippen LogP contribution in [0.1, 0.15) is 19.3 Å². The molecule has 94 valence electrons. The summed E-state index contributed by atoms with van der Waals surface area (Å²) in [6, 6.07) is 2.19. The fraction of sp³-hybridized carbons (Fsp3) is 0.615. The van der Waals surface area contributed by atoms with Crippen LogP contribution in [-0.4, -0.2) is 15.9 Å². The molecule has 1 aromatic heterocycles. The molecule has 0 aliphatic heterocycles. The Kier molecular flexibility index (Phi) is 1.96. The van der Waals surface area contributed by atoms with Crippen LogP contribution in [0.4, 0.5) is 11.4 Å². The van der Waals surface area contributed by atoms with E-state index in [2.05, 4.69) is 10.3 Å². The summed E-state index contributed by atoms with van der Waals surface area (Å²) in [7, 11) is 0. The average molecular weight is 245 g/mol. The molecule has 3 saturated carbocycles. The highest BCUT2D eigenvalue weighted by molar-refractivity contribution is 5.61. The average Bonchev–Trinajstić information content (AvgIpc) is 2.78. The molecule has 1 heterocycles. The lowest BCUT2D eigenvalue weighted by atomic mass is 10.0. The van der Waals surface area contributed by atoms with Crippen LogP contribution < -0.4 is 5.32 Å². The molecule has 18 heavy (non-hydrogen) atoms. The van der Waals surface area contributed by atoms with Crippen molar-refractivity contribution < 1.29 is 4.92 Å². The lowest BCUT2D eigenvalue weighted by Gasteiger charge is -2.11. The minimum absolute atomic E-state index is 0.0924. The fourth-order valence-corrected chi connectivity index (χ4v) is 4.35. The van der Waals surface area contributed by atoms with Gasteiger partial charge in [-0.1, -0.05) is 0 Å². The first-order valence-corrected chi connectivity index (χ1v) is 6.60. The molecule has 2 bridgehead atoms. The number of rotatable bonds is 3. The maximum absolute atomic E-state index is 10.9. The van der Waals surface area contributed by atoms with Crippen LogP contribution in [0, 0.1) is 33.8 Å². The molecule has 0 radical (unpaired) electrons. The maximum Gasteiger partial charge on any atom is 0.310 e. The molecular weight excluding hydrogens is 230 g/mol. The fourth-order valence-electron chi connectivity index (χ4n) is 4.35. The third-order valence-corrected chi connectivity index (χ3v) is 5.05. The minimum Gasteiger partial charge on any atom is -0.376 e. The van der Waals surface area contributed by atoms with Gasteiger partial charge >= 0.3 is 5.69 Å². The van der Waals surface area contributed by atoms with Gasteiger partial charge in [0.1, 0.15) is 11.9 Å². The molecule has 1 aromatic rings. The summed E-state index contributed by atoms with van der Waals surface area (Å²) >= 11 is 0. The summed E-state index contributed by atoms with van der Waals surface area (Å²) in [6.07, 6.45) is 7.06.